The standard InChI is InChI=1S/C28H42N2O6/c1-15-7-8-22(16(2)10-20-14-35-24(13-29)30-20)36-25(32)12-23(31)28(5,6)27(34)18(4)26(33)17(3)21-11-19(21)9-15/h7,10,14,17-19,21-23,26,31,33H,8-9,11-13,29H2,1-6H3/b15-7-,16-10?/t17-,18-,19?,21?,22-,23+,26+/m1/s1. The number of aromatic nitrogens is 1. The average Bonchev–Trinajstić information content (AvgIpc) is 3.44. The number of carbonyl (C=O) groups excluding carboxylic acids is 2. The van der Waals surface area contributed by atoms with Crippen LogP contribution in [0.15, 0.2) is 27.9 Å². The minimum Gasteiger partial charge on any atom is -0.457 e. The fourth-order valence-electron chi connectivity index (χ4n) is 5.33. The first-order valence-corrected chi connectivity index (χ1v) is 12.9. The second-order valence-electron chi connectivity index (χ2n) is 11.3. The molecular formula is C28H42N2O6. The van der Waals surface area contributed by atoms with Crippen molar-refractivity contribution in [3.63, 3.8) is 0 Å². The summed E-state index contributed by atoms with van der Waals surface area (Å²) in [6.07, 6.45) is 4.88. The normalized spacial score (nSPS) is 36.0. The molecule has 1 fully saturated rings. The number of ketones is 1. The molecule has 200 valence electrons. The molecule has 1 saturated carbocycles. The van der Waals surface area contributed by atoms with Gasteiger partial charge in [-0.25, -0.2) is 4.98 Å². The smallest absolute Gasteiger partial charge is 0.309 e. The number of ether oxygens (including phenoxy) is 1. The molecule has 2 heterocycles. The maximum atomic E-state index is 13.3. The Balaban J connectivity index is 1.88. The van der Waals surface area contributed by atoms with Crippen molar-refractivity contribution >= 4 is 17.8 Å². The lowest BCUT2D eigenvalue weighted by Crippen LogP contribution is -2.46. The number of rotatable bonds is 3. The van der Waals surface area contributed by atoms with Gasteiger partial charge >= 0.3 is 5.97 Å². The van der Waals surface area contributed by atoms with E-state index in [2.05, 4.69) is 18.0 Å². The van der Waals surface area contributed by atoms with Crippen molar-refractivity contribution in [3.05, 3.63) is 35.1 Å². The SMILES string of the molecule is CC(=Cc1coc(CN)n1)[C@H]1C/C=C(/C)CC2CC2[C@@H](C)[C@H](O)[C@@H](C)C(=O)C(C)(C)[C@@H](O)CC(=O)O1. The van der Waals surface area contributed by atoms with Crippen LogP contribution >= 0.6 is 0 Å². The molecule has 1 aliphatic carbocycles. The Morgan fingerprint density at radius 2 is 1.94 bits per heavy atom. The molecular weight excluding hydrogens is 460 g/mol. The van der Waals surface area contributed by atoms with Crippen LogP contribution in [0.25, 0.3) is 6.08 Å². The zero-order valence-corrected chi connectivity index (χ0v) is 22.4. The summed E-state index contributed by atoms with van der Waals surface area (Å²) in [5.41, 5.74) is 6.94. The Bertz CT molecular complexity index is 1010. The van der Waals surface area contributed by atoms with Crippen LogP contribution in [-0.4, -0.2) is 45.3 Å². The van der Waals surface area contributed by atoms with Gasteiger partial charge in [0.05, 0.1) is 30.6 Å². The predicted molar refractivity (Wildman–Crippen MR) is 136 cm³/mol. The molecule has 7 atom stereocenters. The number of hydrogen-bond donors (Lipinski definition) is 3. The van der Waals surface area contributed by atoms with Crippen LogP contribution in [0.2, 0.25) is 0 Å². The van der Waals surface area contributed by atoms with E-state index in [1.807, 2.05) is 13.8 Å². The van der Waals surface area contributed by atoms with Gasteiger partial charge in [-0.2, -0.15) is 0 Å². The Morgan fingerprint density at radius 3 is 2.58 bits per heavy atom. The van der Waals surface area contributed by atoms with E-state index in [1.165, 1.54) is 11.8 Å². The van der Waals surface area contributed by atoms with Gasteiger partial charge in [-0.1, -0.05) is 39.3 Å². The highest BCUT2D eigenvalue weighted by Gasteiger charge is 2.47. The summed E-state index contributed by atoms with van der Waals surface area (Å²) in [4.78, 5) is 30.5. The molecule has 3 rings (SSSR count). The van der Waals surface area contributed by atoms with Crippen LogP contribution in [0.3, 0.4) is 0 Å². The molecule has 8 heteroatoms. The molecule has 1 aliphatic heterocycles. The molecule has 0 saturated heterocycles. The van der Waals surface area contributed by atoms with Gasteiger partial charge in [-0.15, -0.1) is 0 Å². The van der Waals surface area contributed by atoms with E-state index in [9.17, 15) is 19.8 Å². The van der Waals surface area contributed by atoms with Gasteiger partial charge in [-0.3, -0.25) is 9.59 Å². The molecule has 0 radical (unpaired) electrons. The van der Waals surface area contributed by atoms with E-state index < -0.39 is 35.6 Å². The van der Waals surface area contributed by atoms with Gasteiger partial charge in [0.25, 0.3) is 0 Å². The molecule has 1 aromatic heterocycles. The van der Waals surface area contributed by atoms with E-state index >= 15 is 0 Å². The van der Waals surface area contributed by atoms with Gasteiger partial charge in [0, 0.05) is 12.3 Å². The van der Waals surface area contributed by atoms with E-state index in [-0.39, 0.29) is 24.7 Å². The van der Waals surface area contributed by atoms with Gasteiger partial charge in [-0.05, 0) is 56.1 Å². The van der Waals surface area contributed by atoms with Crippen LogP contribution in [0.5, 0.6) is 0 Å². The van der Waals surface area contributed by atoms with Crippen molar-refractivity contribution in [3.8, 4) is 0 Å². The van der Waals surface area contributed by atoms with Crippen molar-refractivity contribution in [2.75, 3.05) is 0 Å². The minimum absolute atomic E-state index is 0.0219. The van der Waals surface area contributed by atoms with E-state index in [4.69, 9.17) is 14.9 Å². The molecule has 0 amide bonds. The third-order valence-corrected chi connectivity index (χ3v) is 8.11. The number of esters is 1. The van der Waals surface area contributed by atoms with E-state index in [1.54, 1.807) is 26.8 Å². The summed E-state index contributed by atoms with van der Waals surface area (Å²) in [5.74, 6) is -0.275. The predicted octanol–water partition coefficient (Wildman–Crippen LogP) is 3.80. The number of aliphatic hydroxyl groups excluding tert-OH is 2. The topological polar surface area (TPSA) is 136 Å². The number of nitrogens with zero attached hydrogens (tertiary/aromatic N) is 1. The summed E-state index contributed by atoms with van der Waals surface area (Å²) in [6, 6.07) is 0. The number of carbonyl (C=O) groups is 2. The number of Topliss-reactive ketones (excluding diaryl/α,β-unsaturated/α-hetero) is 1. The maximum absolute atomic E-state index is 13.3. The number of allylic oxidation sites excluding steroid dienone is 1. The van der Waals surface area contributed by atoms with Crippen LogP contribution in [0.4, 0.5) is 0 Å². The number of hydrogen-bond acceptors (Lipinski definition) is 8. The molecule has 2 aliphatic rings. The average molecular weight is 503 g/mol. The Labute approximate surface area is 214 Å². The largest absolute Gasteiger partial charge is 0.457 e. The third-order valence-electron chi connectivity index (χ3n) is 8.11. The summed E-state index contributed by atoms with van der Waals surface area (Å²) in [5, 5.41) is 21.8. The van der Waals surface area contributed by atoms with Crippen LogP contribution < -0.4 is 5.73 Å². The van der Waals surface area contributed by atoms with Crippen molar-refractivity contribution in [1.29, 1.82) is 0 Å². The molecule has 4 N–H and O–H groups in total. The summed E-state index contributed by atoms with van der Waals surface area (Å²) in [6.45, 7) is 11.1. The Kier molecular flexibility index (Phi) is 8.96. The zero-order valence-electron chi connectivity index (χ0n) is 22.4. The summed E-state index contributed by atoms with van der Waals surface area (Å²) < 4.78 is 11.1. The van der Waals surface area contributed by atoms with Gasteiger partial charge in [0.2, 0.25) is 5.89 Å². The quantitative estimate of drug-likeness (QED) is 0.419. The van der Waals surface area contributed by atoms with Crippen molar-refractivity contribution in [2.24, 2.45) is 34.8 Å². The second kappa shape index (κ2) is 11.4. The van der Waals surface area contributed by atoms with Crippen molar-refractivity contribution in [2.45, 2.75) is 92.1 Å². The molecule has 2 unspecified atom stereocenters. The lowest BCUT2D eigenvalue weighted by Gasteiger charge is -2.34. The van der Waals surface area contributed by atoms with E-state index in [0.29, 0.717) is 29.8 Å². The Hall–Kier alpha value is -2.29. The first-order valence-electron chi connectivity index (χ1n) is 12.9. The highest BCUT2D eigenvalue weighted by atomic mass is 16.5. The molecule has 36 heavy (non-hydrogen) atoms. The van der Waals surface area contributed by atoms with Crippen LogP contribution in [0, 0.1) is 29.1 Å². The zero-order chi connectivity index (χ0) is 26.8. The number of aliphatic hydroxyl groups is 2. The first-order chi connectivity index (χ1) is 16.8. The van der Waals surface area contributed by atoms with Crippen LogP contribution in [-0.2, 0) is 20.9 Å². The molecule has 0 spiro atoms. The molecule has 0 aromatic carbocycles. The maximum Gasteiger partial charge on any atom is 0.309 e. The van der Waals surface area contributed by atoms with Crippen molar-refractivity contribution < 1.29 is 29.0 Å². The third kappa shape index (κ3) is 6.52. The second-order valence-corrected chi connectivity index (χ2v) is 11.3. The number of nitrogens with two attached hydrogens (primary N) is 1. The van der Waals surface area contributed by atoms with E-state index in [0.717, 1.165) is 18.4 Å². The number of cyclic esters (lactones) is 1. The number of fused-ring (bicyclic) bond motifs is 1. The van der Waals surface area contributed by atoms with Crippen LogP contribution in [0.1, 0.15) is 78.8 Å². The summed E-state index contributed by atoms with van der Waals surface area (Å²) in [7, 11) is 0. The fourth-order valence-corrected chi connectivity index (χ4v) is 5.33. The fraction of sp³-hybridized carbons (Fsp3) is 0.679. The summed E-state index contributed by atoms with van der Waals surface area (Å²) >= 11 is 0. The molecule has 0 bridgehead atoms. The minimum atomic E-state index is -1.24. The van der Waals surface area contributed by atoms with Crippen molar-refractivity contribution in [1.82, 2.24) is 4.98 Å². The lowest BCUT2D eigenvalue weighted by molar-refractivity contribution is -0.154. The van der Waals surface area contributed by atoms with Gasteiger partial charge in [0.15, 0.2) is 0 Å². The lowest BCUT2D eigenvalue weighted by atomic mass is 9.72. The first kappa shape index (κ1) is 28.3. The van der Waals surface area contributed by atoms with Gasteiger partial charge < -0.3 is 25.1 Å². The Morgan fingerprint density at radius 1 is 1.25 bits per heavy atom. The highest BCUT2D eigenvalue weighted by Crippen LogP contribution is 2.50. The highest BCUT2D eigenvalue weighted by molar-refractivity contribution is 5.88. The van der Waals surface area contributed by atoms with Gasteiger partial charge in [0.1, 0.15) is 23.8 Å². The molecule has 8 nitrogen and oxygen atoms in total. The molecule has 1 aromatic rings. The monoisotopic (exact) mass is 502 g/mol. The number of oxazole rings is 1.